The minimum Gasteiger partial charge on any atom is -0.507 e. The van der Waals surface area contributed by atoms with E-state index in [0.717, 1.165) is 31.2 Å². The van der Waals surface area contributed by atoms with Crippen molar-refractivity contribution in [3.63, 3.8) is 0 Å². The van der Waals surface area contributed by atoms with Crippen molar-refractivity contribution in [3.05, 3.63) is 71.3 Å². The fourth-order valence-electron chi connectivity index (χ4n) is 3.70. The molecule has 5 nitrogen and oxygen atoms in total. The first-order chi connectivity index (χ1) is 14.1. The van der Waals surface area contributed by atoms with Crippen LogP contribution in [0.25, 0.3) is 5.76 Å². The number of nitrogens with zero attached hydrogens (tertiary/aromatic N) is 1. The minimum atomic E-state index is -0.636. The van der Waals surface area contributed by atoms with Gasteiger partial charge in [-0.2, -0.15) is 0 Å². The lowest BCUT2D eigenvalue weighted by molar-refractivity contribution is -0.139. The SMILES string of the molecule is CCCCCCN1C(=O)C(=O)C(=C(O)c2ccccc2)[C@@H]1c1ccc(OC)cc1. The van der Waals surface area contributed by atoms with Crippen molar-refractivity contribution in [1.29, 1.82) is 0 Å². The highest BCUT2D eigenvalue weighted by atomic mass is 16.5. The van der Waals surface area contributed by atoms with E-state index in [1.54, 1.807) is 48.4 Å². The van der Waals surface area contributed by atoms with Crippen molar-refractivity contribution in [2.24, 2.45) is 0 Å². The highest BCUT2D eigenvalue weighted by Crippen LogP contribution is 2.39. The summed E-state index contributed by atoms with van der Waals surface area (Å²) in [6, 6.07) is 15.6. The smallest absolute Gasteiger partial charge is 0.295 e. The zero-order valence-electron chi connectivity index (χ0n) is 16.9. The van der Waals surface area contributed by atoms with E-state index in [2.05, 4.69) is 6.92 Å². The maximum atomic E-state index is 12.9. The highest BCUT2D eigenvalue weighted by Gasteiger charge is 2.45. The second-order valence-corrected chi connectivity index (χ2v) is 7.19. The molecule has 0 spiro atoms. The van der Waals surface area contributed by atoms with Crippen molar-refractivity contribution in [3.8, 4) is 5.75 Å². The molecular weight excluding hydrogens is 366 g/mol. The lowest BCUT2D eigenvalue weighted by atomic mass is 9.95. The van der Waals surface area contributed by atoms with Crippen LogP contribution in [0, 0.1) is 0 Å². The normalized spacial score (nSPS) is 18.3. The summed E-state index contributed by atoms with van der Waals surface area (Å²) < 4.78 is 5.23. The third kappa shape index (κ3) is 4.34. The molecule has 1 saturated heterocycles. The zero-order chi connectivity index (χ0) is 20.8. The van der Waals surface area contributed by atoms with E-state index in [0.29, 0.717) is 17.9 Å². The minimum absolute atomic E-state index is 0.138. The van der Waals surface area contributed by atoms with Gasteiger partial charge in [0, 0.05) is 12.1 Å². The number of methoxy groups -OCH3 is 1. The molecule has 1 fully saturated rings. The molecule has 2 aromatic rings. The Balaban J connectivity index is 2.04. The number of aliphatic hydroxyl groups is 1. The Morgan fingerprint density at radius 1 is 1.00 bits per heavy atom. The van der Waals surface area contributed by atoms with Gasteiger partial charge >= 0.3 is 0 Å². The van der Waals surface area contributed by atoms with Crippen molar-refractivity contribution in [1.82, 2.24) is 4.90 Å². The van der Waals surface area contributed by atoms with Gasteiger partial charge in [-0.3, -0.25) is 9.59 Å². The number of unbranched alkanes of at least 4 members (excludes halogenated alkanes) is 3. The van der Waals surface area contributed by atoms with Gasteiger partial charge in [0.1, 0.15) is 11.5 Å². The number of hydrogen-bond acceptors (Lipinski definition) is 4. The predicted octanol–water partition coefficient (Wildman–Crippen LogP) is 4.70. The molecule has 29 heavy (non-hydrogen) atoms. The largest absolute Gasteiger partial charge is 0.507 e. The summed E-state index contributed by atoms with van der Waals surface area (Å²) in [4.78, 5) is 27.3. The Morgan fingerprint density at radius 2 is 1.69 bits per heavy atom. The van der Waals surface area contributed by atoms with Crippen LogP contribution in [0.3, 0.4) is 0 Å². The summed E-state index contributed by atoms with van der Waals surface area (Å²) >= 11 is 0. The Labute approximate surface area is 171 Å². The van der Waals surface area contributed by atoms with Crippen molar-refractivity contribution in [2.75, 3.05) is 13.7 Å². The Morgan fingerprint density at radius 3 is 2.31 bits per heavy atom. The summed E-state index contributed by atoms with van der Waals surface area (Å²) in [5, 5.41) is 10.9. The third-order valence-corrected chi connectivity index (χ3v) is 5.27. The highest BCUT2D eigenvalue weighted by molar-refractivity contribution is 6.46. The molecule has 2 aromatic carbocycles. The van der Waals surface area contributed by atoms with Crippen LogP contribution in [0.15, 0.2) is 60.2 Å². The molecule has 1 aliphatic rings. The quantitative estimate of drug-likeness (QED) is 0.306. The third-order valence-electron chi connectivity index (χ3n) is 5.27. The Hall–Kier alpha value is -3.08. The number of aliphatic hydroxyl groups excluding tert-OH is 1. The van der Waals surface area contributed by atoms with Crippen LogP contribution in [0.1, 0.15) is 49.8 Å². The summed E-state index contributed by atoms with van der Waals surface area (Å²) in [7, 11) is 1.59. The van der Waals surface area contributed by atoms with Crippen molar-refractivity contribution in [2.45, 2.75) is 38.6 Å². The first-order valence-corrected chi connectivity index (χ1v) is 10.1. The number of rotatable bonds is 8. The lowest BCUT2D eigenvalue weighted by Crippen LogP contribution is -2.30. The average molecular weight is 393 g/mol. The number of ketones is 1. The molecule has 5 heteroatoms. The lowest BCUT2D eigenvalue weighted by Gasteiger charge is -2.25. The molecule has 3 rings (SSSR count). The number of amides is 1. The van der Waals surface area contributed by atoms with Crippen LogP contribution in [-0.2, 0) is 9.59 Å². The van der Waals surface area contributed by atoms with Gasteiger partial charge in [0.05, 0.1) is 18.7 Å². The summed E-state index contributed by atoms with van der Waals surface area (Å²) in [6.07, 6.45) is 3.99. The van der Waals surface area contributed by atoms with E-state index >= 15 is 0 Å². The monoisotopic (exact) mass is 393 g/mol. The number of ether oxygens (including phenoxy) is 1. The summed E-state index contributed by atoms with van der Waals surface area (Å²) in [6.45, 7) is 2.61. The molecule has 0 saturated carbocycles. The number of hydrogen-bond donors (Lipinski definition) is 1. The van der Waals surface area contributed by atoms with Gasteiger partial charge < -0.3 is 14.7 Å². The van der Waals surface area contributed by atoms with E-state index in [9.17, 15) is 14.7 Å². The van der Waals surface area contributed by atoms with Gasteiger partial charge in [0.25, 0.3) is 11.7 Å². The summed E-state index contributed by atoms with van der Waals surface area (Å²) in [5.74, 6) is -0.639. The molecule has 1 aliphatic heterocycles. The molecule has 1 amide bonds. The van der Waals surface area contributed by atoms with Gasteiger partial charge in [0.15, 0.2) is 0 Å². The fourth-order valence-corrected chi connectivity index (χ4v) is 3.70. The van der Waals surface area contributed by atoms with Crippen LogP contribution in [0.4, 0.5) is 0 Å². The van der Waals surface area contributed by atoms with Crippen molar-refractivity contribution >= 4 is 17.4 Å². The number of carbonyl (C=O) groups excluding carboxylic acids is 2. The van der Waals surface area contributed by atoms with Crippen LogP contribution >= 0.6 is 0 Å². The summed E-state index contributed by atoms with van der Waals surface area (Å²) in [5.41, 5.74) is 1.44. The van der Waals surface area contributed by atoms with Crippen LogP contribution in [-0.4, -0.2) is 35.4 Å². The number of Topliss-reactive ketones (excluding diaryl/α,β-unsaturated/α-hetero) is 1. The number of benzene rings is 2. The molecule has 152 valence electrons. The first-order valence-electron chi connectivity index (χ1n) is 10.1. The number of carbonyl (C=O) groups is 2. The molecule has 1 atom stereocenters. The van der Waals surface area contributed by atoms with Gasteiger partial charge in [-0.25, -0.2) is 0 Å². The maximum Gasteiger partial charge on any atom is 0.295 e. The fraction of sp³-hybridized carbons (Fsp3) is 0.333. The molecule has 1 heterocycles. The van der Waals surface area contributed by atoms with Crippen LogP contribution < -0.4 is 4.74 Å². The van der Waals surface area contributed by atoms with Crippen LogP contribution in [0.5, 0.6) is 5.75 Å². The van der Waals surface area contributed by atoms with E-state index in [4.69, 9.17) is 4.74 Å². The van der Waals surface area contributed by atoms with E-state index in [1.165, 1.54) is 0 Å². The second-order valence-electron chi connectivity index (χ2n) is 7.19. The van der Waals surface area contributed by atoms with Gasteiger partial charge in [-0.05, 0) is 24.1 Å². The van der Waals surface area contributed by atoms with E-state index in [1.807, 2.05) is 18.2 Å². The standard InChI is InChI=1S/C24H27NO4/c1-3-4-5-9-16-25-21(17-12-14-19(29-2)15-13-17)20(23(27)24(25)28)22(26)18-10-7-6-8-11-18/h6-8,10-15,21,26H,3-5,9,16H2,1-2H3/t21-/m0/s1. The van der Waals surface area contributed by atoms with E-state index < -0.39 is 17.7 Å². The Kier molecular flexibility index (Phi) is 6.70. The molecule has 0 aliphatic carbocycles. The van der Waals surface area contributed by atoms with Gasteiger partial charge in [-0.15, -0.1) is 0 Å². The molecule has 0 radical (unpaired) electrons. The Bertz CT molecular complexity index is 887. The molecule has 0 bridgehead atoms. The van der Waals surface area contributed by atoms with Gasteiger partial charge in [0.2, 0.25) is 0 Å². The molecule has 0 aromatic heterocycles. The van der Waals surface area contributed by atoms with Gasteiger partial charge in [-0.1, -0.05) is 68.7 Å². The second kappa shape index (κ2) is 9.41. The molecule has 0 unspecified atom stereocenters. The maximum absolute atomic E-state index is 12.9. The zero-order valence-corrected chi connectivity index (χ0v) is 16.9. The predicted molar refractivity (Wildman–Crippen MR) is 113 cm³/mol. The van der Waals surface area contributed by atoms with E-state index in [-0.39, 0.29) is 11.3 Å². The molecule has 1 N–H and O–H groups in total. The molecular formula is C24H27NO4. The number of likely N-dealkylation sites (tertiary alicyclic amines) is 1. The van der Waals surface area contributed by atoms with Crippen LogP contribution in [0.2, 0.25) is 0 Å². The topological polar surface area (TPSA) is 66.8 Å². The average Bonchev–Trinajstić information content (AvgIpc) is 3.01. The van der Waals surface area contributed by atoms with Crippen molar-refractivity contribution < 1.29 is 19.4 Å². The first kappa shape index (κ1) is 20.6.